The molecule has 2 aromatic heterocycles. The zero-order chi connectivity index (χ0) is 22.8. The van der Waals surface area contributed by atoms with E-state index in [1.165, 1.54) is 12.1 Å². The largest absolute Gasteiger partial charge is 0.342 e. The number of carbonyl (C=O) groups excluding carboxylic acids is 2. The van der Waals surface area contributed by atoms with E-state index >= 15 is 0 Å². The molecule has 0 spiro atoms. The average Bonchev–Trinajstić information content (AvgIpc) is 3.24. The van der Waals surface area contributed by atoms with Crippen molar-refractivity contribution >= 4 is 11.8 Å². The maximum atomic E-state index is 13.6. The predicted octanol–water partition coefficient (Wildman–Crippen LogP) is 3.32. The van der Waals surface area contributed by atoms with Crippen LogP contribution in [-0.2, 0) is 11.2 Å². The van der Waals surface area contributed by atoms with Crippen LogP contribution in [-0.4, -0.2) is 57.3 Å². The first-order chi connectivity index (χ1) is 16.1. The Morgan fingerprint density at radius 3 is 2.39 bits per heavy atom. The summed E-state index contributed by atoms with van der Waals surface area (Å²) in [5, 5.41) is 0. The number of nitrogens with zero attached hydrogens (tertiary/aromatic N) is 4. The SMILES string of the molecule is O=C(Cc1ccccn1)N1CC[C@H]2[C@@H](C1)[C@H](c1ccc(F)cc1)CN2C(=O)c1ccccn1. The van der Waals surface area contributed by atoms with Gasteiger partial charge in [0, 0.05) is 55.6 Å². The number of piperidine rings is 1. The number of pyridine rings is 2. The molecule has 0 saturated carbocycles. The lowest BCUT2D eigenvalue weighted by atomic mass is 9.81. The molecule has 1 aromatic carbocycles. The molecule has 168 valence electrons. The Balaban J connectivity index is 1.40. The maximum absolute atomic E-state index is 13.6. The fourth-order valence-electron chi connectivity index (χ4n) is 5.16. The van der Waals surface area contributed by atoms with Gasteiger partial charge in [-0.1, -0.05) is 24.3 Å². The van der Waals surface area contributed by atoms with Crippen LogP contribution in [0.15, 0.2) is 73.1 Å². The lowest BCUT2D eigenvalue weighted by Crippen LogP contribution is -2.50. The predicted molar refractivity (Wildman–Crippen MR) is 121 cm³/mol. The first kappa shape index (κ1) is 21.2. The van der Waals surface area contributed by atoms with Crippen LogP contribution in [0.5, 0.6) is 0 Å². The molecule has 6 nitrogen and oxygen atoms in total. The van der Waals surface area contributed by atoms with Gasteiger partial charge in [0.15, 0.2) is 0 Å². The summed E-state index contributed by atoms with van der Waals surface area (Å²) in [5.74, 6) is -0.244. The fraction of sp³-hybridized carbons (Fsp3) is 0.308. The normalized spacial score (nSPS) is 22.2. The van der Waals surface area contributed by atoms with E-state index < -0.39 is 0 Å². The summed E-state index contributed by atoms with van der Waals surface area (Å²) < 4.78 is 13.6. The Morgan fingerprint density at radius 1 is 0.939 bits per heavy atom. The minimum absolute atomic E-state index is 0.00783. The van der Waals surface area contributed by atoms with Crippen LogP contribution in [0.3, 0.4) is 0 Å². The lowest BCUT2D eigenvalue weighted by Gasteiger charge is -2.39. The number of rotatable bonds is 4. The van der Waals surface area contributed by atoms with E-state index in [9.17, 15) is 14.0 Å². The molecule has 2 fully saturated rings. The molecule has 2 aliphatic rings. The highest BCUT2D eigenvalue weighted by Gasteiger charge is 2.48. The van der Waals surface area contributed by atoms with Crippen molar-refractivity contribution in [3.63, 3.8) is 0 Å². The molecule has 0 radical (unpaired) electrons. The van der Waals surface area contributed by atoms with Crippen molar-refractivity contribution in [3.05, 3.63) is 95.8 Å². The molecule has 0 bridgehead atoms. The van der Waals surface area contributed by atoms with E-state index in [0.29, 0.717) is 31.7 Å². The van der Waals surface area contributed by atoms with Crippen molar-refractivity contribution in [2.75, 3.05) is 19.6 Å². The van der Waals surface area contributed by atoms with Gasteiger partial charge in [0.1, 0.15) is 11.5 Å². The molecule has 33 heavy (non-hydrogen) atoms. The van der Waals surface area contributed by atoms with E-state index in [-0.39, 0.29) is 41.9 Å². The van der Waals surface area contributed by atoms with Gasteiger partial charge < -0.3 is 9.80 Å². The third kappa shape index (κ3) is 4.35. The van der Waals surface area contributed by atoms with Gasteiger partial charge >= 0.3 is 0 Å². The van der Waals surface area contributed by atoms with Gasteiger partial charge in [-0.15, -0.1) is 0 Å². The van der Waals surface area contributed by atoms with Gasteiger partial charge in [-0.05, 0) is 48.4 Å². The van der Waals surface area contributed by atoms with Crippen molar-refractivity contribution in [2.24, 2.45) is 5.92 Å². The number of amides is 2. The molecule has 0 unspecified atom stereocenters. The minimum Gasteiger partial charge on any atom is -0.342 e. The van der Waals surface area contributed by atoms with Gasteiger partial charge in [-0.2, -0.15) is 0 Å². The molecule has 3 aromatic rings. The number of carbonyl (C=O) groups is 2. The number of aromatic nitrogens is 2. The molecule has 0 N–H and O–H groups in total. The molecular formula is C26H25FN4O2. The number of hydrogen-bond acceptors (Lipinski definition) is 4. The number of halogens is 1. The van der Waals surface area contributed by atoms with Crippen molar-refractivity contribution in [1.29, 1.82) is 0 Å². The smallest absolute Gasteiger partial charge is 0.272 e. The topological polar surface area (TPSA) is 66.4 Å². The number of hydrogen-bond donors (Lipinski definition) is 0. The summed E-state index contributed by atoms with van der Waals surface area (Å²) >= 11 is 0. The second-order valence-electron chi connectivity index (χ2n) is 8.69. The van der Waals surface area contributed by atoms with Crippen LogP contribution in [0.1, 0.15) is 34.1 Å². The summed E-state index contributed by atoms with van der Waals surface area (Å²) in [6, 6.07) is 17.4. The Morgan fingerprint density at radius 2 is 1.70 bits per heavy atom. The van der Waals surface area contributed by atoms with Crippen LogP contribution in [0.2, 0.25) is 0 Å². The number of benzene rings is 1. The molecular weight excluding hydrogens is 419 g/mol. The quantitative estimate of drug-likeness (QED) is 0.619. The van der Waals surface area contributed by atoms with Gasteiger partial charge in [-0.25, -0.2) is 4.39 Å². The van der Waals surface area contributed by atoms with Crippen LogP contribution in [0.4, 0.5) is 4.39 Å². The van der Waals surface area contributed by atoms with E-state index in [2.05, 4.69) is 9.97 Å². The average molecular weight is 445 g/mol. The van der Waals surface area contributed by atoms with Crippen LogP contribution >= 0.6 is 0 Å². The second-order valence-corrected chi connectivity index (χ2v) is 8.69. The van der Waals surface area contributed by atoms with Crippen LogP contribution in [0.25, 0.3) is 0 Å². The third-order valence-electron chi connectivity index (χ3n) is 6.78. The summed E-state index contributed by atoms with van der Waals surface area (Å²) in [5.41, 5.74) is 2.16. The van der Waals surface area contributed by atoms with Crippen molar-refractivity contribution in [1.82, 2.24) is 19.8 Å². The molecule has 7 heteroatoms. The summed E-state index contributed by atoms with van der Waals surface area (Å²) in [6.07, 6.45) is 4.28. The van der Waals surface area contributed by atoms with E-state index in [4.69, 9.17) is 0 Å². The fourth-order valence-corrected chi connectivity index (χ4v) is 5.16. The van der Waals surface area contributed by atoms with E-state index in [0.717, 1.165) is 11.3 Å². The minimum atomic E-state index is -0.287. The van der Waals surface area contributed by atoms with Crippen molar-refractivity contribution in [3.8, 4) is 0 Å². The van der Waals surface area contributed by atoms with Gasteiger partial charge in [0.25, 0.3) is 5.91 Å². The molecule has 2 amide bonds. The van der Waals surface area contributed by atoms with Crippen molar-refractivity contribution < 1.29 is 14.0 Å². The highest BCUT2D eigenvalue weighted by Crippen LogP contribution is 2.42. The van der Waals surface area contributed by atoms with Crippen molar-refractivity contribution in [2.45, 2.75) is 24.8 Å². The molecule has 0 aliphatic carbocycles. The second kappa shape index (κ2) is 9.10. The van der Waals surface area contributed by atoms with Gasteiger partial charge in [-0.3, -0.25) is 19.6 Å². The van der Waals surface area contributed by atoms with Gasteiger partial charge in [0.2, 0.25) is 5.91 Å². The van der Waals surface area contributed by atoms with E-state index in [1.807, 2.05) is 34.1 Å². The van der Waals surface area contributed by atoms with Gasteiger partial charge in [0.05, 0.1) is 6.42 Å². The monoisotopic (exact) mass is 444 g/mol. The molecule has 2 aliphatic heterocycles. The third-order valence-corrected chi connectivity index (χ3v) is 6.78. The Bertz CT molecular complexity index is 1120. The zero-order valence-electron chi connectivity index (χ0n) is 18.2. The summed E-state index contributed by atoms with van der Waals surface area (Å²) in [6.45, 7) is 1.68. The highest BCUT2D eigenvalue weighted by molar-refractivity contribution is 5.93. The number of likely N-dealkylation sites (tertiary alicyclic amines) is 2. The Labute approximate surface area is 192 Å². The standard InChI is InChI=1S/C26H25FN4O2/c27-19-9-7-18(8-10-19)21-17-31(26(33)23-6-2-4-13-29-23)24-11-14-30(16-22(21)24)25(32)15-20-5-1-3-12-28-20/h1-10,12-13,21-22,24H,11,14-17H2/t21-,22-,24-/m0/s1. The lowest BCUT2D eigenvalue weighted by molar-refractivity contribution is -0.132. The summed E-state index contributed by atoms with van der Waals surface area (Å²) in [4.78, 5) is 38.6. The molecule has 5 rings (SSSR count). The Hall–Kier alpha value is -3.61. The maximum Gasteiger partial charge on any atom is 0.272 e. The molecule has 2 saturated heterocycles. The first-order valence-electron chi connectivity index (χ1n) is 11.3. The van der Waals surface area contributed by atoms with E-state index in [1.54, 1.807) is 36.7 Å². The Kier molecular flexibility index (Phi) is 5.86. The number of fused-ring (bicyclic) bond motifs is 1. The molecule has 3 atom stereocenters. The van der Waals surface area contributed by atoms with Crippen LogP contribution in [0, 0.1) is 11.7 Å². The van der Waals surface area contributed by atoms with Crippen LogP contribution < -0.4 is 0 Å². The first-order valence-corrected chi connectivity index (χ1v) is 11.3. The summed E-state index contributed by atoms with van der Waals surface area (Å²) in [7, 11) is 0. The highest BCUT2D eigenvalue weighted by atomic mass is 19.1. The zero-order valence-corrected chi connectivity index (χ0v) is 18.2. The molecule has 4 heterocycles.